The molecule has 0 N–H and O–H groups in total. The van der Waals surface area contributed by atoms with E-state index >= 15 is 0 Å². The van der Waals surface area contributed by atoms with Crippen molar-refractivity contribution in [3.05, 3.63) is 41.5 Å². The second-order valence-electron chi connectivity index (χ2n) is 6.08. The molecule has 1 aliphatic rings. The average molecular weight is 200 g/mol. The van der Waals surface area contributed by atoms with Crippen molar-refractivity contribution in [3.63, 3.8) is 0 Å². The van der Waals surface area contributed by atoms with Gasteiger partial charge in [0.25, 0.3) is 0 Å². The van der Waals surface area contributed by atoms with Gasteiger partial charge in [0, 0.05) is 5.41 Å². The maximum atomic E-state index is 2.43. The molecule has 1 aromatic carbocycles. The Morgan fingerprint density at radius 3 is 2.20 bits per heavy atom. The number of fused-ring (bicyclic) bond motifs is 1. The molecule has 0 radical (unpaired) electrons. The van der Waals surface area contributed by atoms with Gasteiger partial charge in [0.15, 0.2) is 0 Å². The summed E-state index contributed by atoms with van der Waals surface area (Å²) in [5.74, 6) is 0. The molecule has 1 aromatic rings. The molecule has 0 bridgehead atoms. The molecule has 0 fully saturated rings. The van der Waals surface area contributed by atoms with Gasteiger partial charge in [-0.2, -0.15) is 0 Å². The second kappa shape index (κ2) is 2.98. The van der Waals surface area contributed by atoms with Gasteiger partial charge in [-0.25, -0.2) is 0 Å². The minimum atomic E-state index is 0.194. The fourth-order valence-corrected chi connectivity index (χ4v) is 2.42. The third-order valence-corrected chi connectivity index (χ3v) is 3.22. The number of rotatable bonds is 0. The number of hydrogen-bond donors (Lipinski definition) is 0. The van der Waals surface area contributed by atoms with E-state index < -0.39 is 0 Å². The van der Waals surface area contributed by atoms with Crippen LogP contribution in [0, 0.1) is 5.41 Å². The quantitative estimate of drug-likeness (QED) is 0.582. The van der Waals surface area contributed by atoms with Gasteiger partial charge < -0.3 is 0 Å². The van der Waals surface area contributed by atoms with Crippen LogP contribution >= 0.6 is 0 Å². The van der Waals surface area contributed by atoms with Crippen molar-refractivity contribution >= 4 is 5.57 Å². The van der Waals surface area contributed by atoms with Crippen molar-refractivity contribution in [3.8, 4) is 0 Å². The van der Waals surface area contributed by atoms with Crippen molar-refractivity contribution in [1.29, 1.82) is 0 Å². The Balaban J connectivity index is 2.64. The predicted molar refractivity (Wildman–Crippen MR) is 66.9 cm³/mol. The Hall–Kier alpha value is -1.04. The summed E-state index contributed by atoms with van der Waals surface area (Å²) in [4.78, 5) is 0. The van der Waals surface area contributed by atoms with E-state index in [-0.39, 0.29) is 10.8 Å². The molecule has 1 aliphatic carbocycles. The van der Waals surface area contributed by atoms with Gasteiger partial charge in [-0.1, -0.05) is 65.0 Å². The first kappa shape index (κ1) is 10.5. The van der Waals surface area contributed by atoms with E-state index in [0.29, 0.717) is 0 Å². The summed E-state index contributed by atoms with van der Waals surface area (Å²) in [6.07, 6.45) is 2.43. The highest BCUT2D eigenvalue weighted by Gasteiger charge is 2.33. The van der Waals surface area contributed by atoms with Crippen molar-refractivity contribution in [1.82, 2.24) is 0 Å². The van der Waals surface area contributed by atoms with Crippen LogP contribution < -0.4 is 0 Å². The molecule has 2 rings (SSSR count). The zero-order valence-electron chi connectivity index (χ0n) is 10.4. The van der Waals surface area contributed by atoms with Crippen molar-refractivity contribution in [2.45, 2.75) is 40.0 Å². The lowest BCUT2D eigenvalue weighted by Gasteiger charge is -2.21. The number of benzene rings is 1. The van der Waals surface area contributed by atoms with Gasteiger partial charge in [0.05, 0.1) is 0 Å². The fourth-order valence-electron chi connectivity index (χ4n) is 2.42. The van der Waals surface area contributed by atoms with Crippen LogP contribution in [0.15, 0.2) is 30.3 Å². The smallest absolute Gasteiger partial charge is 0.00875 e. The van der Waals surface area contributed by atoms with Crippen LogP contribution in [0.3, 0.4) is 0 Å². The first-order valence-electron chi connectivity index (χ1n) is 5.65. The Kier molecular flexibility index (Phi) is 2.08. The summed E-state index contributed by atoms with van der Waals surface area (Å²) in [5, 5.41) is 0. The minimum Gasteiger partial charge on any atom is -0.0701 e. The molecule has 0 aromatic heterocycles. The van der Waals surface area contributed by atoms with E-state index in [1.165, 1.54) is 16.7 Å². The first-order chi connectivity index (χ1) is 6.82. The molecule has 15 heavy (non-hydrogen) atoms. The molecule has 0 atom stereocenters. The fraction of sp³-hybridized carbons (Fsp3) is 0.467. The van der Waals surface area contributed by atoms with Crippen LogP contribution in [0.5, 0.6) is 0 Å². The highest BCUT2D eigenvalue weighted by molar-refractivity contribution is 5.79. The second-order valence-corrected chi connectivity index (χ2v) is 6.08. The van der Waals surface area contributed by atoms with Gasteiger partial charge in [-0.15, -0.1) is 0 Å². The van der Waals surface area contributed by atoms with E-state index in [2.05, 4.69) is 65.0 Å². The third-order valence-electron chi connectivity index (χ3n) is 3.22. The topological polar surface area (TPSA) is 0 Å². The number of hydrogen-bond acceptors (Lipinski definition) is 0. The Labute approximate surface area is 93.0 Å². The van der Waals surface area contributed by atoms with Crippen molar-refractivity contribution in [2.24, 2.45) is 5.41 Å². The van der Waals surface area contributed by atoms with Gasteiger partial charge in [0.2, 0.25) is 0 Å². The standard InChI is InChI=1S/C15H20/c1-14(2,3)13-10-15(4,5)12-9-7-6-8-11(12)13/h6-10H,1-5H3. The van der Waals surface area contributed by atoms with E-state index in [4.69, 9.17) is 0 Å². The van der Waals surface area contributed by atoms with Crippen LogP contribution in [0.2, 0.25) is 0 Å². The van der Waals surface area contributed by atoms with Crippen molar-refractivity contribution < 1.29 is 0 Å². The lowest BCUT2D eigenvalue weighted by molar-refractivity contribution is 0.565. The Morgan fingerprint density at radius 1 is 1.00 bits per heavy atom. The van der Waals surface area contributed by atoms with E-state index in [0.717, 1.165) is 0 Å². The summed E-state index contributed by atoms with van der Waals surface area (Å²) >= 11 is 0. The maximum Gasteiger partial charge on any atom is 0.00875 e. The zero-order valence-corrected chi connectivity index (χ0v) is 10.4. The van der Waals surface area contributed by atoms with Gasteiger partial charge >= 0.3 is 0 Å². The molecule has 0 unspecified atom stereocenters. The molecule has 0 heteroatoms. The molecular formula is C15H20. The summed E-state index contributed by atoms with van der Waals surface area (Å²) in [6, 6.07) is 8.78. The normalized spacial score (nSPS) is 18.6. The first-order valence-corrected chi connectivity index (χ1v) is 5.65. The molecule has 0 spiro atoms. The Bertz CT molecular complexity index is 414. The summed E-state index contributed by atoms with van der Waals surface area (Å²) in [7, 11) is 0. The minimum absolute atomic E-state index is 0.194. The molecule has 0 aliphatic heterocycles. The molecule has 0 saturated carbocycles. The largest absolute Gasteiger partial charge is 0.0701 e. The van der Waals surface area contributed by atoms with Crippen molar-refractivity contribution in [2.75, 3.05) is 0 Å². The highest BCUT2D eigenvalue weighted by Crippen LogP contribution is 2.47. The number of allylic oxidation sites excluding steroid dienone is 2. The monoisotopic (exact) mass is 200 g/mol. The van der Waals surface area contributed by atoms with Crippen LogP contribution in [-0.4, -0.2) is 0 Å². The maximum absolute atomic E-state index is 2.43. The average Bonchev–Trinajstić information content (AvgIpc) is 2.39. The van der Waals surface area contributed by atoms with Gasteiger partial charge in [-0.05, 0) is 22.1 Å². The molecule has 0 nitrogen and oxygen atoms in total. The SMILES string of the molecule is CC(C)(C)C1=CC(C)(C)c2ccccc21. The highest BCUT2D eigenvalue weighted by atomic mass is 14.4. The van der Waals surface area contributed by atoms with Crippen LogP contribution in [0.25, 0.3) is 5.57 Å². The van der Waals surface area contributed by atoms with E-state index in [1.54, 1.807) is 0 Å². The zero-order chi connectivity index (χ0) is 11.3. The molecule has 0 amide bonds. The van der Waals surface area contributed by atoms with Crippen LogP contribution in [0.4, 0.5) is 0 Å². The van der Waals surface area contributed by atoms with Crippen LogP contribution in [0.1, 0.15) is 45.7 Å². The molecule has 0 saturated heterocycles. The summed E-state index contributed by atoms with van der Waals surface area (Å²) in [6.45, 7) is 11.5. The summed E-state index contributed by atoms with van der Waals surface area (Å²) < 4.78 is 0. The van der Waals surface area contributed by atoms with Crippen LogP contribution in [-0.2, 0) is 5.41 Å². The molecule has 80 valence electrons. The Morgan fingerprint density at radius 2 is 1.60 bits per heavy atom. The lowest BCUT2D eigenvalue weighted by atomic mass is 9.83. The molecular weight excluding hydrogens is 180 g/mol. The van der Waals surface area contributed by atoms with Gasteiger partial charge in [0.1, 0.15) is 0 Å². The molecule has 0 heterocycles. The lowest BCUT2D eigenvalue weighted by Crippen LogP contribution is -2.10. The predicted octanol–water partition coefficient (Wildman–Crippen LogP) is 4.41. The summed E-state index contributed by atoms with van der Waals surface area (Å²) in [5.41, 5.74) is 4.83. The van der Waals surface area contributed by atoms with E-state index in [9.17, 15) is 0 Å². The van der Waals surface area contributed by atoms with Gasteiger partial charge in [-0.3, -0.25) is 0 Å². The van der Waals surface area contributed by atoms with E-state index in [1.807, 2.05) is 0 Å². The third kappa shape index (κ3) is 1.62.